The maximum absolute atomic E-state index is 13.1. The first-order valence-electron chi connectivity index (χ1n) is 3.74. The summed E-state index contributed by atoms with van der Waals surface area (Å²) in [6.45, 7) is 1.84. The van der Waals surface area contributed by atoms with Gasteiger partial charge in [-0.05, 0) is 30.9 Å². The van der Waals surface area contributed by atoms with Crippen LogP contribution in [0.5, 0.6) is 0 Å². The predicted octanol–water partition coefficient (Wildman–Crippen LogP) is 2.57. The number of hydrogen-bond donors (Lipinski definition) is 1. The SMILES string of the molecule is CSc1ccc([C@@H](C)N)cc1F. The van der Waals surface area contributed by atoms with E-state index < -0.39 is 0 Å². The molecule has 0 spiro atoms. The first kappa shape index (κ1) is 9.55. The smallest absolute Gasteiger partial charge is 0.137 e. The summed E-state index contributed by atoms with van der Waals surface area (Å²) in [7, 11) is 0. The van der Waals surface area contributed by atoms with Gasteiger partial charge in [-0.25, -0.2) is 4.39 Å². The Hall–Kier alpha value is -0.540. The van der Waals surface area contributed by atoms with E-state index in [9.17, 15) is 4.39 Å². The second-order valence-electron chi connectivity index (χ2n) is 2.68. The molecule has 66 valence electrons. The van der Waals surface area contributed by atoms with Crippen LogP contribution in [0.4, 0.5) is 4.39 Å². The minimum Gasteiger partial charge on any atom is -0.324 e. The number of halogens is 1. The Morgan fingerprint density at radius 2 is 2.17 bits per heavy atom. The van der Waals surface area contributed by atoms with Crippen molar-refractivity contribution in [3.8, 4) is 0 Å². The molecule has 0 radical (unpaired) electrons. The van der Waals surface area contributed by atoms with Gasteiger partial charge in [-0.1, -0.05) is 6.07 Å². The monoisotopic (exact) mass is 185 g/mol. The summed E-state index contributed by atoms with van der Waals surface area (Å²) in [6.07, 6.45) is 1.85. The van der Waals surface area contributed by atoms with Crippen LogP contribution in [0.3, 0.4) is 0 Å². The second kappa shape index (κ2) is 3.92. The van der Waals surface area contributed by atoms with E-state index in [1.54, 1.807) is 6.07 Å². The van der Waals surface area contributed by atoms with Gasteiger partial charge < -0.3 is 5.73 Å². The summed E-state index contributed by atoms with van der Waals surface area (Å²) >= 11 is 1.40. The standard InChI is InChI=1S/C9H12FNS/c1-6(11)7-3-4-9(12-2)8(10)5-7/h3-6H,11H2,1-2H3/t6-/m1/s1. The highest BCUT2D eigenvalue weighted by Gasteiger charge is 2.04. The van der Waals surface area contributed by atoms with E-state index in [0.717, 1.165) is 5.56 Å². The van der Waals surface area contributed by atoms with E-state index >= 15 is 0 Å². The molecule has 12 heavy (non-hydrogen) atoms. The Morgan fingerprint density at radius 3 is 2.58 bits per heavy atom. The molecular weight excluding hydrogens is 173 g/mol. The van der Waals surface area contributed by atoms with Crippen molar-refractivity contribution < 1.29 is 4.39 Å². The minimum atomic E-state index is -0.183. The first-order chi connectivity index (χ1) is 5.65. The van der Waals surface area contributed by atoms with Gasteiger partial charge in [-0.3, -0.25) is 0 Å². The minimum absolute atomic E-state index is 0.101. The molecule has 1 aromatic rings. The summed E-state index contributed by atoms with van der Waals surface area (Å²) in [5.74, 6) is -0.183. The van der Waals surface area contributed by atoms with Gasteiger partial charge in [0, 0.05) is 10.9 Å². The van der Waals surface area contributed by atoms with E-state index in [4.69, 9.17) is 5.73 Å². The van der Waals surface area contributed by atoms with Crippen molar-refractivity contribution in [3.63, 3.8) is 0 Å². The molecule has 2 N–H and O–H groups in total. The number of thioether (sulfide) groups is 1. The predicted molar refractivity (Wildman–Crippen MR) is 50.8 cm³/mol. The van der Waals surface area contributed by atoms with Crippen molar-refractivity contribution in [3.05, 3.63) is 29.6 Å². The fourth-order valence-electron chi connectivity index (χ4n) is 0.966. The Labute approximate surface area is 76.2 Å². The van der Waals surface area contributed by atoms with Gasteiger partial charge >= 0.3 is 0 Å². The van der Waals surface area contributed by atoms with Gasteiger partial charge in [0.2, 0.25) is 0 Å². The van der Waals surface area contributed by atoms with Crippen LogP contribution in [-0.4, -0.2) is 6.26 Å². The van der Waals surface area contributed by atoms with E-state index in [-0.39, 0.29) is 11.9 Å². The zero-order chi connectivity index (χ0) is 9.14. The fourth-order valence-corrected chi connectivity index (χ4v) is 1.42. The highest BCUT2D eigenvalue weighted by Crippen LogP contribution is 2.21. The third-order valence-corrected chi connectivity index (χ3v) is 2.47. The van der Waals surface area contributed by atoms with Gasteiger partial charge in [0.1, 0.15) is 5.82 Å². The van der Waals surface area contributed by atoms with Crippen LogP contribution in [0.1, 0.15) is 18.5 Å². The van der Waals surface area contributed by atoms with E-state index in [1.165, 1.54) is 17.8 Å². The van der Waals surface area contributed by atoms with Crippen molar-refractivity contribution in [2.24, 2.45) is 5.73 Å². The van der Waals surface area contributed by atoms with Gasteiger partial charge in [-0.15, -0.1) is 11.8 Å². The average Bonchev–Trinajstić information content (AvgIpc) is 2.04. The Balaban J connectivity index is 3.02. The normalized spacial score (nSPS) is 13.0. The lowest BCUT2D eigenvalue weighted by molar-refractivity contribution is 0.597. The molecule has 0 aliphatic heterocycles. The van der Waals surface area contributed by atoms with Crippen molar-refractivity contribution >= 4 is 11.8 Å². The molecule has 0 bridgehead atoms. The number of nitrogens with two attached hydrogens (primary N) is 1. The van der Waals surface area contributed by atoms with Crippen LogP contribution >= 0.6 is 11.8 Å². The zero-order valence-electron chi connectivity index (χ0n) is 7.17. The van der Waals surface area contributed by atoms with E-state index in [2.05, 4.69) is 0 Å². The maximum Gasteiger partial charge on any atom is 0.137 e. The topological polar surface area (TPSA) is 26.0 Å². The molecule has 1 nitrogen and oxygen atoms in total. The van der Waals surface area contributed by atoms with Crippen LogP contribution in [0, 0.1) is 5.82 Å². The van der Waals surface area contributed by atoms with Crippen molar-refractivity contribution in [1.29, 1.82) is 0 Å². The van der Waals surface area contributed by atoms with Crippen LogP contribution in [-0.2, 0) is 0 Å². The summed E-state index contributed by atoms with van der Waals surface area (Å²) in [5, 5.41) is 0. The van der Waals surface area contributed by atoms with Crippen LogP contribution < -0.4 is 5.73 Å². The Morgan fingerprint density at radius 1 is 1.50 bits per heavy atom. The number of benzene rings is 1. The highest BCUT2D eigenvalue weighted by atomic mass is 32.2. The molecule has 1 aromatic carbocycles. The summed E-state index contributed by atoms with van der Waals surface area (Å²) in [5.41, 5.74) is 6.44. The van der Waals surface area contributed by atoms with Crippen LogP contribution in [0.25, 0.3) is 0 Å². The third kappa shape index (κ3) is 1.99. The lowest BCUT2D eigenvalue weighted by Crippen LogP contribution is -2.05. The quantitative estimate of drug-likeness (QED) is 0.717. The van der Waals surface area contributed by atoms with Gasteiger partial charge in [0.15, 0.2) is 0 Å². The molecule has 1 rings (SSSR count). The van der Waals surface area contributed by atoms with Crippen molar-refractivity contribution in [1.82, 2.24) is 0 Å². The van der Waals surface area contributed by atoms with Crippen molar-refractivity contribution in [2.45, 2.75) is 17.9 Å². The molecule has 0 saturated heterocycles. The fraction of sp³-hybridized carbons (Fsp3) is 0.333. The van der Waals surface area contributed by atoms with Crippen LogP contribution in [0.15, 0.2) is 23.1 Å². The molecule has 0 aromatic heterocycles. The summed E-state index contributed by atoms with van der Waals surface area (Å²) < 4.78 is 13.1. The van der Waals surface area contributed by atoms with Gasteiger partial charge in [-0.2, -0.15) is 0 Å². The van der Waals surface area contributed by atoms with E-state index in [1.807, 2.05) is 19.2 Å². The molecule has 0 unspecified atom stereocenters. The number of rotatable bonds is 2. The van der Waals surface area contributed by atoms with Gasteiger partial charge in [0.05, 0.1) is 0 Å². The molecule has 3 heteroatoms. The van der Waals surface area contributed by atoms with Gasteiger partial charge in [0.25, 0.3) is 0 Å². The molecular formula is C9H12FNS. The zero-order valence-corrected chi connectivity index (χ0v) is 7.99. The molecule has 0 heterocycles. The molecule has 1 atom stereocenters. The largest absolute Gasteiger partial charge is 0.324 e. The first-order valence-corrected chi connectivity index (χ1v) is 4.96. The lowest BCUT2D eigenvalue weighted by atomic mass is 10.1. The lowest BCUT2D eigenvalue weighted by Gasteiger charge is -2.06. The maximum atomic E-state index is 13.1. The Bertz CT molecular complexity index is 273. The molecule has 0 fully saturated rings. The van der Waals surface area contributed by atoms with Crippen molar-refractivity contribution in [2.75, 3.05) is 6.26 Å². The molecule has 0 aliphatic carbocycles. The highest BCUT2D eigenvalue weighted by molar-refractivity contribution is 7.98. The molecule has 0 saturated carbocycles. The summed E-state index contributed by atoms with van der Waals surface area (Å²) in [6, 6.07) is 5.02. The molecule has 0 amide bonds. The Kier molecular flexibility index (Phi) is 3.12. The second-order valence-corrected chi connectivity index (χ2v) is 3.53. The number of hydrogen-bond acceptors (Lipinski definition) is 2. The van der Waals surface area contributed by atoms with Crippen LogP contribution in [0.2, 0.25) is 0 Å². The summed E-state index contributed by atoms with van der Waals surface area (Å²) in [4.78, 5) is 0.666. The van der Waals surface area contributed by atoms with E-state index in [0.29, 0.717) is 4.90 Å². The average molecular weight is 185 g/mol. The molecule has 0 aliphatic rings. The third-order valence-electron chi connectivity index (χ3n) is 1.70.